The van der Waals surface area contributed by atoms with Crippen LogP contribution in [0.15, 0.2) is 12.3 Å². The van der Waals surface area contributed by atoms with Gasteiger partial charge in [-0.2, -0.15) is 5.10 Å². The van der Waals surface area contributed by atoms with Gasteiger partial charge in [-0.25, -0.2) is 0 Å². The molecule has 2 bridgehead atoms. The Balaban J connectivity index is 1.83. The largest absolute Gasteiger partial charge is 0.331 e. The molecule has 0 aromatic carbocycles. The van der Waals surface area contributed by atoms with E-state index >= 15 is 0 Å². The standard InChI is InChI=1S/C12H16BrN3O/c1-15-5-4-11(14-15)12(17)16-9-2-3-10(16)7-8(13)6-9/h4-5,8-10H,2-3,6-7H2,1H3. The van der Waals surface area contributed by atoms with Crippen molar-refractivity contribution in [1.29, 1.82) is 0 Å². The molecule has 1 amide bonds. The molecule has 17 heavy (non-hydrogen) atoms. The van der Waals surface area contributed by atoms with Crippen LogP contribution in [0.25, 0.3) is 0 Å². The van der Waals surface area contributed by atoms with Crippen LogP contribution in [-0.4, -0.2) is 37.5 Å². The molecule has 2 aliphatic heterocycles. The number of carbonyl (C=O) groups excluding carboxylic acids is 1. The third-order valence-corrected chi connectivity index (χ3v) is 4.59. The maximum Gasteiger partial charge on any atom is 0.274 e. The van der Waals surface area contributed by atoms with Gasteiger partial charge < -0.3 is 4.90 Å². The molecule has 3 rings (SSSR count). The average molecular weight is 298 g/mol. The van der Waals surface area contributed by atoms with E-state index in [1.54, 1.807) is 4.68 Å². The van der Waals surface area contributed by atoms with Crippen molar-refractivity contribution in [1.82, 2.24) is 14.7 Å². The second-order valence-electron chi connectivity index (χ2n) is 5.04. The van der Waals surface area contributed by atoms with Crippen molar-refractivity contribution in [2.75, 3.05) is 0 Å². The minimum atomic E-state index is 0.109. The van der Waals surface area contributed by atoms with Gasteiger partial charge in [0.1, 0.15) is 5.69 Å². The number of alkyl halides is 1. The molecule has 2 saturated heterocycles. The predicted molar refractivity (Wildman–Crippen MR) is 68.1 cm³/mol. The Morgan fingerprint density at radius 2 is 2.06 bits per heavy atom. The van der Waals surface area contributed by atoms with E-state index in [1.807, 2.05) is 19.3 Å². The van der Waals surface area contributed by atoms with Crippen LogP contribution in [0.1, 0.15) is 36.2 Å². The molecular formula is C12H16BrN3O. The van der Waals surface area contributed by atoms with Gasteiger partial charge in [0.25, 0.3) is 5.91 Å². The lowest BCUT2D eigenvalue weighted by Crippen LogP contribution is -2.47. The Hall–Kier alpha value is -0.840. The second kappa shape index (κ2) is 4.12. The topological polar surface area (TPSA) is 38.1 Å². The number of hydrogen-bond donors (Lipinski definition) is 0. The van der Waals surface area contributed by atoms with Gasteiger partial charge in [0.2, 0.25) is 0 Å². The molecule has 2 fully saturated rings. The number of hydrogen-bond acceptors (Lipinski definition) is 2. The third kappa shape index (κ3) is 1.90. The first-order valence-electron chi connectivity index (χ1n) is 6.11. The van der Waals surface area contributed by atoms with E-state index < -0.39 is 0 Å². The molecular weight excluding hydrogens is 282 g/mol. The molecule has 0 N–H and O–H groups in total. The van der Waals surface area contributed by atoms with E-state index in [2.05, 4.69) is 25.9 Å². The van der Waals surface area contributed by atoms with Gasteiger partial charge in [0, 0.05) is 30.2 Å². The number of aromatic nitrogens is 2. The van der Waals surface area contributed by atoms with Gasteiger partial charge in [0.15, 0.2) is 0 Å². The van der Waals surface area contributed by atoms with Crippen LogP contribution in [0.2, 0.25) is 0 Å². The monoisotopic (exact) mass is 297 g/mol. The molecule has 1 aromatic heterocycles. The molecule has 1 aromatic rings. The summed E-state index contributed by atoms with van der Waals surface area (Å²) in [5.41, 5.74) is 0.581. The number of halogens is 1. The summed E-state index contributed by atoms with van der Waals surface area (Å²) in [6, 6.07) is 2.63. The second-order valence-corrected chi connectivity index (χ2v) is 6.34. The summed E-state index contributed by atoms with van der Waals surface area (Å²) in [6.07, 6.45) is 6.27. The molecule has 0 saturated carbocycles. The van der Waals surface area contributed by atoms with E-state index in [0.29, 0.717) is 22.6 Å². The van der Waals surface area contributed by atoms with Crippen LogP contribution >= 0.6 is 15.9 Å². The van der Waals surface area contributed by atoms with Crippen LogP contribution in [0.5, 0.6) is 0 Å². The quantitative estimate of drug-likeness (QED) is 0.743. The van der Waals surface area contributed by atoms with Gasteiger partial charge in [-0.15, -0.1) is 0 Å². The first kappa shape index (κ1) is 11.3. The van der Waals surface area contributed by atoms with Crippen LogP contribution in [-0.2, 0) is 7.05 Å². The lowest BCUT2D eigenvalue weighted by atomic mass is 10.0. The summed E-state index contributed by atoms with van der Waals surface area (Å²) in [7, 11) is 1.84. The summed E-state index contributed by atoms with van der Waals surface area (Å²) in [5.74, 6) is 0.109. The third-order valence-electron chi connectivity index (χ3n) is 3.84. The fraction of sp³-hybridized carbons (Fsp3) is 0.667. The average Bonchev–Trinajstić information content (AvgIpc) is 2.81. The number of rotatable bonds is 1. The van der Waals surface area contributed by atoms with Crippen molar-refractivity contribution < 1.29 is 4.79 Å². The summed E-state index contributed by atoms with van der Waals surface area (Å²) in [5, 5.41) is 4.22. The number of piperidine rings is 1. The highest BCUT2D eigenvalue weighted by Gasteiger charge is 2.43. The summed E-state index contributed by atoms with van der Waals surface area (Å²) >= 11 is 3.69. The molecule has 2 atom stereocenters. The maximum absolute atomic E-state index is 12.4. The van der Waals surface area contributed by atoms with Crippen LogP contribution < -0.4 is 0 Å². The van der Waals surface area contributed by atoms with Gasteiger partial charge in [-0.1, -0.05) is 15.9 Å². The highest BCUT2D eigenvalue weighted by atomic mass is 79.9. The van der Waals surface area contributed by atoms with Crippen LogP contribution in [0.4, 0.5) is 0 Å². The maximum atomic E-state index is 12.4. The first-order chi connectivity index (χ1) is 8.15. The van der Waals surface area contributed by atoms with Gasteiger partial charge in [-0.05, 0) is 31.7 Å². The van der Waals surface area contributed by atoms with Gasteiger partial charge >= 0.3 is 0 Å². The van der Waals surface area contributed by atoms with E-state index in [1.165, 1.54) is 0 Å². The number of aryl methyl sites for hydroxylation is 1. The lowest BCUT2D eigenvalue weighted by Gasteiger charge is -2.36. The van der Waals surface area contributed by atoms with Crippen molar-refractivity contribution in [2.45, 2.75) is 42.6 Å². The highest BCUT2D eigenvalue weighted by molar-refractivity contribution is 9.09. The molecule has 4 nitrogen and oxygen atoms in total. The molecule has 92 valence electrons. The van der Waals surface area contributed by atoms with Gasteiger partial charge in [-0.3, -0.25) is 9.48 Å². The Morgan fingerprint density at radius 1 is 1.41 bits per heavy atom. The van der Waals surface area contributed by atoms with Crippen molar-refractivity contribution in [3.8, 4) is 0 Å². The minimum Gasteiger partial charge on any atom is -0.331 e. The van der Waals surface area contributed by atoms with Crippen molar-refractivity contribution in [2.24, 2.45) is 7.05 Å². The van der Waals surface area contributed by atoms with Crippen LogP contribution in [0.3, 0.4) is 0 Å². The normalized spacial score (nSPS) is 31.9. The number of fused-ring (bicyclic) bond motifs is 2. The Kier molecular flexibility index (Phi) is 2.73. The fourth-order valence-electron chi connectivity index (χ4n) is 3.10. The number of nitrogens with zero attached hydrogens (tertiary/aromatic N) is 3. The SMILES string of the molecule is Cn1ccc(C(=O)N2C3CCC2CC(Br)C3)n1. The molecule has 2 unspecified atom stereocenters. The molecule has 2 aliphatic rings. The zero-order valence-corrected chi connectivity index (χ0v) is 11.4. The number of carbonyl (C=O) groups is 1. The zero-order valence-electron chi connectivity index (χ0n) is 9.84. The Bertz CT molecular complexity index is 431. The summed E-state index contributed by atoms with van der Waals surface area (Å²) in [4.78, 5) is 15.1. The van der Waals surface area contributed by atoms with E-state index in [4.69, 9.17) is 0 Å². The van der Waals surface area contributed by atoms with Crippen molar-refractivity contribution in [3.05, 3.63) is 18.0 Å². The molecule has 0 radical (unpaired) electrons. The fourth-order valence-corrected chi connectivity index (χ4v) is 3.97. The molecule has 5 heteroatoms. The van der Waals surface area contributed by atoms with E-state index in [0.717, 1.165) is 25.7 Å². The Morgan fingerprint density at radius 3 is 2.59 bits per heavy atom. The molecule has 0 aliphatic carbocycles. The summed E-state index contributed by atoms with van der Waals surface area (Å²) < 4.78 is 1.69. The lowest BCUT2D eigenvalue weighted by molar-refractivity contribution is 0.0596. The van der Waals surface area contributed by atoms with Crippen molar-refractivity contribution in [3.63, 3.8) is 0 Å². The van der Waals surface area contributed by atoms with Crippen molar-refractivity contribution >= 4 is 21.8 Å². The minimum absolute atomic E-state index is 0.109. The molecule has 3 heterocycles. The van der Waals surface area contributed by atoms with Crippen LogP contribution in [0, 0.1) is 0 Å². The first-order valence-corrected chi connectivity index (χ1v) is 7.03. The van der Waals surface area contributed by atoms with E-state index in [-0.39, 0.29) is 5.91 Å². The number of amides is 1. The zero-order chi connectivity index (χ0) is 12.0. The molecule has 0 spiro atoms. The predicted octanol–water partition coefficient (Wildman–Crippen LogP) is 1.95. The van der Waals surface area contributed by atoms with E-state index in [9.17, 15) is 4.79 Å². The van der Waals surface area contributed by atoms with Gasteiger partial charge in [0.05, 0.1) is 0 Å². The Labute approximate surface area is 109 Å². The highest BCUT2D eigenvalue weighted by Crippen LogP contribution is 2.39. The summed E-state index contributed by atoms with van der Waals surface area (Å²) in [6.45, 7) is 0. The smallest absolute Gasteiger partial charge is 0.274 e.